The van der Waals surface area contributed by atoms with Crippen LogP contribution in [-0.2, 0) is 0 Å². The number of hydrogen-bond donors (Lipinski definition) is 2. The third-order valence-electron chi connectivity index (χ3n) is 3.67. The van der Waals surface area contributed by atoms with Crippen LogP contribution in [0.2, 0.25) is 0 Å². The van der Waals surface area contributed by atoms with Gasteiger partial charge in [-0.05, 0) is 25.0 Å². The summed E-state index contributed by atoms with van der Waals surface area (Å²) in [5.41, 5.74) is 5.80. The van der Waals surface area contributed by atoms with E-state index in [9.17, 15) is 0 Å². The van der Waals surface area contributed by atoms with Crippen molar-refractivity contribution < 1.29 is 0 Å². The van der Waals surface area contributed by atoms with Crippen molar-refractivity contribution in [2.75, 3.05) is 17.3 Å². The molecule has 0 bridgehead atoms. The molecule has 1 saturated carbocycles. The Morgan fingerprint density at radius 1 is 1.39 bits per heavy atom. The van der Waals surface area contributed by atoms with Crippen LogP contribution < -0.4 is 11.1 Å². The minimum atomic E-state index is 0.535. The van der Waals surface area contributed by atoms with Gasteiger partial charge in [0.1, 0.15) is 11.6 Å². The van der Waals surface area contributed by atoms with Crippen molar-refractivity contribution in [3.63, 3.8) is 0 Å². The summed E-state index contributed by atoms with van der Waals surface area (Å²) in [5.74, 6) is 2.17. The number of nitrogens with two attached hydrogens (primary N) is 1. The van der Waals surface area contributed by atoms with E-state index in [0.717, 1.165) is 16.9 Å². The molecule has 4 nitrogen and oxygen atoms in total. The number of rotatable bonds is 4. The Hall–Kier alpha value is -0.970. The summed E-state index contributed by atoms with van der Waals surface area (Å²) in [5, 5.41) is 4.29. The lowest BCUT2D eigenvalue weighted by Crippen LogP contribution is -2.32. The molecule has 2 rings (SSSR count). The van der Waals surface area contributed by atoms with Gasteiger partial charge in [-0.1, -0.05) is 37.9 Å². The number of nitrogens with one attached hydrogen (secondary N) is 1. The minimum absolute atomic E-state index is 0.535. The number of hydrogen-bond acceptors (Lipinski definition) is 5. The normalized spacial score (nSPS) is 23.9. The van der Waals surface area contributed by atoms with E-state index in [-0.39, 0.29) is 0 Å². The Bertz CT molecular complexity index is 397. The molecule has 1 aromatic heterocycles. The number of nitrogen functional groups attached to an aromatic ring is 1. The molecule has 18 heavy (non-hydrogen) atoms. The van der Waals surface area contributed by atoms with E-state index >= 15 is 0 Å². The Morgan fingerprint density at radius 3 is 2.89 bits per heavy atom. The predicted molar refractivity (Wildman–Crippen MR) is 77.9 cm³/mol. The Labute approximate surface area is 113 Å². The second-order valence-electron chi connectivity index (χ2n) is 4.87. The molecule has 1 aromatic rings. The van der Waals surface area contributed by atoms with Gasteiger partial charge in [0, 0.05) is 12.1 Å². The zero-order valence-electron chi connectivity index (χ0n) is 11.1. The summed E-state index contributed by atoms with van der Waals surface area (Å²) in [6.45, 7) is 2.27. The Balaban J connectivity index is 2.09. The van der Waals surface area contributed by atoms with Gasteiger partial charge in [-0.25, -0.2) is 9.97 Å². The van der Waals surface area contributed by atoms with Crippen molar-refractivity contribution in [3.05, 3.63) is 6.07 Å². The number of anilines is 2. The maximum absolute atomic E-state index is 5.80. The molecule has 3 N–H and O–H groups in total. The molecule has 0 saturated heterocycles. The molecular weight excluding hydrogens is 244 g/mol. The highest BCUT2D eigenvalue weighted by atomic mass is 32.2. The van der Waals surface area contributed by atoms with Crippen LogP contribution in [0.3, 0.4) is 0 Å². The third-order valence-corrected chi connectivity index (χ3v) is 4.22. The lowest BCUT2D eigenvalue weighted by atomic mass is 9.83. The van der Waals surface area contributed by atoms with Crippen LogP contribution in [-0.4, -0.2) is 22.3 Å². The summed E-state index contributed by atoms with van der Waals surface area (Å²) in [6.07, 6.45) is 8.42. The highest BCUT2D eigenvalue weighted by Gasteiger charge is 2.23. The van der Waals surface area contributed by atoms with E-state index in [0.29, 0.717) is 11.9 Å². The molecule has 1 fully saturated rings. The fourth-order valence-electron chi connectivity index (χ4n) is 2.68. The zero-order valence-corrected chi connectivity index (χ0v) is 12.0. The summed E-state index contributed by atoms with van der Waals surface area (Å²) >= 11 is 1.52. The smallest absolute Gasteiger partial charge is 0.191 e. The summed E-state index contributed by atoms with van der Waals surface area (Å²) in [6, 6.07) is 2.37. The van der Waals surface area contributed by atoms with E-state index < -0.39 is 0 Å². The standard InChI is InChI=1S/C13H22N4S/c1-3-9-6-4-5-7-10(9)15-12-8-11(14)16-13(17-12)18-2/h8-10H,3-7H2,1-2H3,(H3,14,15,16,17). The van der Waals surface area contributed by atoms with Gasteiger partial charge < -0.3 is 11.1 Å². The quantitative estimate of drug-likeness (QED) is 0.647. The highest BCUT2D eigenvalue weighted by molar-refractivity contribution is 7.98. The molecule has 0 aliphatic heterocycles. The van der Waals surface area contributed by atoms with E-state index in [2.05, 4.69) is 22.2 Å². The summed E-state index contributed by atoms with van der Waals surface area (Å²) in [7, 11) is 0. The molecule has 5 heteroatoms. The lowest BCUT2D eigenvalue weighted by Gasteiger charge is -2.31. The van der Waals surface area contributed by atoms with Gasteiger partial charge in [-0.2, -0.15) is 0 Å². The molecule has 0 radical (unpaired) electrons. The maximum Gasteiger partial charge on any atom is 0.191 e. The van der Waals surface area contributed by atoms with Crippen LogP contribution in [0.15, 0.2) is 11.2 Å². The fraction of sp³-hybridized carbons (Fsp3) is 0.692. The van der Waals surface area contributed by atoms with E-state index in [1.807, 2.05) is 12.3 Å². The summed E-state index contributed by atoms with van der Waals surface area (Å²) in [4.78, 5) is 8.65. The zero-order chi connectivity index (χ0) is 13.0. The van der Waals surface area contributed by atoms with Crippen LogP contribution in [0.5, 0.6) is 0 Å². The molecule has 1 aliphatic carbocycles. The SMILES string of the molecule is CCC1CCCCC1Nc1cc(N)nc(SC)n1. The van der Waals surface area contributed by atoms with Crippen LogP contribution in [0.25, 0.3) is 0 Å². The maximum atomic E-state index is 5.80. The molecule has 2 atom stereocenters. The van der Waals surface area contributed by atoms with Crippen LogP contribution in [0.4, 0.5) is 11.6 Å². The van der Waals surface area contributed by atoms with Crippen LogP contribution in [0.1, 0.15) is 39.0 Å². The van der Waals surface area contributed by atoms with Crippen molar-refractivity contribution in [2.24, 2.45) is 5.92 Å². The van der Waals surface area contributed by atoms with Gasteiger partial charge in [0.2, 0.25) is 0 Å². The minimum Gasteiger partial charge on any atom is -0.383 e. The van der Waals surface area contributed by atoms with Gasteiger partial charge in [0.25, 0.3) is 0 Å². The fourth-order valence-corrected chi connectivity index (χ4v) is 3.07. The average Bonchev–Trinajstić information content (AvgIpc) is 2.38. The number of aromatic nitrogens is 2. The molecule has 2 unspecified atom stereocenters. The first-order chi connectivity index (χ1) is 8.72. The number of thioether (sulfide) groups is 1. The molecule has 100 valence electrons. The molecule has 1 aliphatic rings. The molecular formula is C13H22N4S. The lowest BCUT2D eigenvalue weighted by molar-refractivity contribution is 0.316. The average molecular weight is 266 g/mol. The van der Waals surface area contributed by atoms with Gasteiger partial charge in [-0.15, -0.1) is 0 Å². The first-order valence-corrected chi connectivity index (χ1v) is 7.90. The molecule has 1 heterocycles. The largest absolute Gasteiger partial charge is 0.383 e. The van der Waals surface area contributed by atoms with Crippen LogP contribution >= 0.6 is 11.8 Å². The Morgan fingerprint density at radius 2 is 2.17 bits per heavy atom. The van der Waals surface area contributed by atoms with E-state index in [4.69, 9.17) is 5.73 Å². The second kappa shape index (κ2) is 6.27. The first kappa shape index (κ1) is 13.5. The molecule has 0 spiro atoms. The third kappa shape index (κ3) is 3.28. The van der Waals surface area contributed by atoms with Crippen molar-refractivity contribution in [1.29, 1.82) is 0 Å². The van der Waals surface area contributed by atoms with Crippen molar-refractivity contribution in [2.45, 2.75) is 50.2 Å². The van der Waals surface area contributed by atoms with Crippen molar-refractivity contribution in [1.82, 2.24) is 9.97 Å². The number of nitrogens with zero attached hydrogens (tertiary/aromatic N) is 2. The van der Waals surface area contributed by atoms with Gasteiger partial charge in [0.05, 0.1) is 0 Å². The predicted octanol–water partition coefficient (Wildman–Crippen LogP) is 3.16. The van der Waals surface area contributed by atoms with Gasteiger partial charge >= 0.3 is 0 Å². The van der Waals surface area contributed by atoms with Gasteiger partial charge in [0.15, 0.2) is 5.16 Å². The van der Waals surface area contributed by atoms with E-state index in [1.165, 1.54) is 43.9 Å². The molecule has 0 amide bonds. The monoisotopic (exact) mass is 266 g/mol. The molecule has 0 aromatic carbocycles. The van der Waals surface area contributed by atoms with Crippen molar-refractivity contribution >= 4 is 23.4 Å². The first-order valence-electron chi connectivity index (χ1n) is 6.68. The van der Waals surface area contributed by atoms with E-state index in [1.54, 1.807) is 0 Å². The topological polar surface area (TPSA) is 63.8 Å². The highest BCUT2D eigenvalue weighted by Crippen LogP contribution is 2.29. The van der Waals surface area contributed by atoms with Crippen LogP contribution in [0, 0.1) is 5.92 Å². The van der Waals surface area contributed by atoms with Gasteiger partial charge in [-0.3, -0.25) is 0 Å². The summed E-state index contributed by atoms with van der Waals surface area (Å²) < 4.78 is 0. The second-order valence-corrected chi connectivity index (χ2v) is 5.64. The Kier molecular flexibility index (Phi) is 4.69. The van der Waals surface area contributed by atoms with Crippen molar-refractivity contribution in [3.8, 4) is 0 Å².